The van der Waals surface area contributed by atoms with Gasteiger partial charge in [-0.1, -0.05) is 212 Å². The van der Waals surface area contributed by atoms with Crippen molar-refractivity contribution in [2.24, 2.45) is 0 Å². The van der Waals surface area contributed by atoms with Gasteiger partial charge >= 0.3 is 0 Å². The van der Waals surface area contributed by atoms with Crippen LogP contribution < -0.4 is 4.90 Å². The molecule has 14 rings (SSSR count). The molecule has 69 heavy (non-hydrogen) atoms. The summed E-state index contributed by atoms with van der Waals surface area (Å²) in [5.41, 5.74) is 24.0. The summed E-state index contributed by atoms with van der Waals surface area (Å²) in [5.74, 6) is 0. The van der Waals surface area contributed by atoms with Crippen LogP contribution in [0.3, 0.4) is 0 Å². The Hall–Kier alpha value is -8.98. The highest BCUT2D eigenvalue weighted by molar-refractivity contribution is 6.11. The fourth-order valence-electron chi connectivity index (χ4n) is 12.0. The van der Waals surface area contributed by atoms with Crippen LogP contribution in [0.25, 0.3) is 83.1 Å². The monoisotopic (exact) mass is 876 g/mol. The molecule has 2 heteroatoms. The second kappa shape index (κ2) is 15.6. The normalized spacial score (nSPS) is 12.8. The van der Waals surface area contributed by atoms with Gasteiger partial charge in [0.1, 0.15) is 0 Å². The van der Waals surface area contributed by atoms with E-state index in [0.29, 0.717) is 0 Å². The number of benzene rings is 11. The zero-order valence-corrected chi connectivity index (χ0v) is 37.8. The molecule has 1 heterocycles. The van der Waals surface area contributed by atoms with Gasteiger partial charge < -0.3 is 9.47 Å². The van der Waals surface area contributed by atoms with E-state index in [1.807, 2.05) is 0 Å². The Balaban J connectivity index is 1.00. The Labute approximate surface area is 402 Å². The van der Waals surface area contributed by atoms with Crippen molar-refractivity contribution in [3.8, 4) is 61.3 Å². The summed E-state index contributed by atoms with van der Waals surface area (Å²) in [6, 6.07) is 98.6. The Morgan fingerprint density at radius 2 is 0.783 bits per heavy atom. The van der Waals surface area contributed by atoms with Crippen molar-refractivity contribution < 1.29 is 0 Å². The Morgan fingerprint density at radius 3 is 1.51 bits per heavy atom. The quantitative estimate of drug-likeness (QED) is 0.155. The molecule has 0 unspecified atom stereocenters. The van der Waals surface area contributed by atoms with Crippen molar-refractivity contribution in [3.05, 3.63) is 289 Å². The molecule has 0 aliphatic heterocycles. The van der Waals surface area contributed by atoms with E-state index < -0.39 is 5.41 Å². The van der Waals surface area contributed by atoms with Gasteiger partial charge in [-0.3, -0.25) is 0 Å². The number of hydrogen-bond donors (Lipinski definition) is 0. The summed E-state index contributed by atoms with van der Waals surface area (Å²) >= 11 is 0. The van der Waals surface area contributed by atoms with Gasteiger partial charge in [-0.25, -0.2) is 0 Å². The first-order valence-corrected chi connectivity index (χ1v) is 23.9. The SMILES string of the molecule is c1ccc(-c2ccc(N(c3ccccc3-c3ccccc3-c3ccc4c(c3)c3ccccc3n4-c3ccccc3)c3cccc4c3-c3ccccc3C43c4ccccc4-c4ccccc43)cc2)cc1. The van der Waals surface area contributed by atoms with Crippen LogP contribution in [0, 0.1) is 0 Å². The van der Waals surface area contributed by atoms with Crippen LogP contribution in [0.15, 0.2) is 267 Å². The molecule has 11 aromatic carbocycles. The number of fused-ring (bicyclic) bond motifs is 13. The number of para-hydroxylation sites is 3. The first-order valence-electron chi connectivity index (χ1n) is 23.9. The molecule has 1 spiro atoms. The maximum absolute atomic E-state index is 2.53. The predicted octanol–water partition coefficient (Wildman–Crippen LogP) is 17.6. The van der Waals surface area contributed by atoms with Crippen LogP contribution in [0.1, 0.15) is 22.3 Å². The molecule has 0 amide bonds. The van der Waals surface area contributed by atoms with Gasteiger partial charge in [0.25, 0.3) is 0 Å². The summed E-state index contributed by atoms with van der Waals surface area (Å²) in [6.07, 6.45) is 0. The minimum atomic E-state index is -0.466. The summed E-state index contributed by atoms with van der Waals surface area (Å²) < 4.78 is 2.39. The van der Waals surface area contributed by atoms with Gasteiger partial charge in [0.2, 0.25) is 0 Å². The summed E-state index contributed by atoms with van der Waals surface area (Å²) in [5, 5.41) is 2.47. The summed E-state index contributed by atoms with van der Waals surface area (Å²) in [6.45, 7) is 0. The number of anilines is 3. The maximum atomic E-state index is 2.53. The molecule has 0 fully saturated rings. The molecule has 322 valence electrons. The second-order valence-corrected chi connectivity index (χ2v) is 18.3. The third kappa shape index (κ3) is 5.79. The van der Waals surface area contributed by atoms with Gasteiger partial charge in [0.05, 0.1) is 27.8 Å². The molecule has 12 aromatic rings. The van der Waals surface area contributed by atoms with Crippen LogP contribution in [-0.2, 0) is 5.41 Å². The first kappa shape index (κ1) is 39.2. The van der Waals surface area contributed by atoms with Crippen molar-refractivity contribution in [1.29, 1.82) is 0 Å². The summed E-state index contributed by atoms with van der Waals surface area (Å²) in [4.78, 5) is 2.53. The molecule has 0 N–H and O–H groups in total. The molecule has 2 aliphatic rings. The smallest absolute Gasteiger partial charge is 0.0726 e. The fourth-order valence-corrected chi connectivity index (χ4v) is 12.0. The molecule has 2 aliphatic carbocycles. The van der Waals surface area contributed by atoms with Crippen LogP contribution in [-0.4, -0.2) is 4.57 Å². The lowest BCUT2D eigenvalue weighted by atomic mass is 9.70. The number of nitrogens with zero attached hydrogens (tertiary/aromatic N) is 2. The van der Waals surface area contributed by atoms with Crippen molar-refractivity contribution in [1.82, 2.24) is 4.57 Å². The van der Waals surface area contributed by atoms with Gasteiger partial charge in [0.15, 0.2) is 0 Å². The van der Waals surface area contributed by atoms with Crippen LogP contribution in [0.5, 0.6) is 0 Å². The summed E-state index contributed by atoms with van der Waals surface area (Å²) in [7, 11) is 0. The molecule has 0 saturated carbocycles. The average Bonchev–Trinajstić information content (AvgIpc) is 4.04. The number of rotatable bonds is 7. The standard InChI is InChI=1S/C67H44N2/c1-3-20-45(21-4-1)46-38-41-49(42-39-46)69(65-37-19-34-61-66(65)56-30-11-16-33-60(56)67(61)58-31-14-9-26-52(58)53-27-10-15-32-59(53)67)62-35-17-12-28-54(62)51-25-8-7-24-50(51)47-40-43-64-57(44-47)55-29-13-18-36-63(55)68(64)48-22-5-2-6-23-48/h1-44H. The molecule has 0 atom stereocenters. The third-order valence-electron chi connectivity index (χ3n) is 14.8. The van der Waals surface area contributed by atoms with E-state index in [0.717, 1.165) is 28.3 Å². The van der Waals surface area contributed by atoms with Crippen LogP contribution >= 0.6 is 0 Å². The van der Waals surface area contributed by atoms with Crippen molar-refractivity contribution in [2.75, 3.05) is 4.90 Å². The van der Waals surface area contributed by atoms with Gasteiger partial charge in [0, 0.05) is 33.3 Å². The van der Waals surface area contributed by atoms with Gasteiger partial charge in [-0.05, 0) is 121 Å². The van der Waals surface area contributed by atoms with E-state index in [9.17, 15) is 0 Å². The second-order valence-electron chi connectivity index (χ2n) is 18.3. The van der Waals surface area contributed by atoms with E-state index in [1.54, 1.807) is 0 Å². The fraction of sp³-hybridized carbons (Fsp3) is 0.0149. The van der Waals surface area contributed by atoms with Gasteiger partial charge in [-0.2, -0.15) is 0 Å². The van der Waals surface area contributed by atoms with Gasteiger partial charge in [-0.15, -0.1) is 0 Å². The molecular weight excluding hydrogens is 833 g/mol. The van der Waals surface area contributed by atoms with Crippen molar-refractivity contribution >= 4 is 38.9 Å². The third-order valence-corrected chi connectivity index (χ3v) is 14.8. The Kier molecular flexibility index (Phi) is 8.84. The lowest BCUT2D eigenvalue weighted by Crippen LogP contribution is -2.26. The highest BCUT2D eigenvalue weighted by Gasteiger charge is 2.52. The van der Waals surface area contributed by atoms with E-state index in [1.165, 1.54) is 94.1 Å². The van der Waals surface area contributed by atoms with E-state index in [4.69, 9.17) is 0 Å². The Bertz CT molecular complexity index is 3910. The molecule has 1 aromatic heterocycles. The van der Waals surface area contributed by atoms with Crippen LogP contribution in [0.4, 0.5) is 17.1 Å². The van der Waals surface area contributed by atoms with E-state index >= 15 is 0 Å². The largest absolute Gasteiger partial charge is 0.309 e. The predicted molar refractivity (Wildman–Crippen MR) is 288 cm³/mol. The maximum Gasteiger partial charge on any atom is 0.0726 e. The minimum Gasteiger partial charge on any atom is -0.309 e. The zero-order valence-electron chi connectivity index (χ0n) is 37.8. The molecule has 0 bridgehead atoms. The lowest BCUT2D eigenvalue weighted by Gasteiger charge is -2.32. The van der Waals surface area contributed by atoms with Crippen LogP contribution in [0.2, 0.25) is 0 Å². The van der Waals surface area contributed by atoms with Crippen molar-refractivity contribution in [3.63, 3.8) is 0 Å². The number of aromatic nitrogens is 1. The zero-order chi connectivity index (χ0) is 45.5. The van der Waals surface area contributed by atoms with Crippen molar-refractivity contribution in [2.45, 2.75) is 5.41 Å². The average molecular weight is 877 g/mol. The molecular formula is C67H44N2. The van der Waals surface area contributed by atoms with E-state index in [2.05, 4.69) is 276 Å². The first-order chi connectivity index (χ1) is 34.3. The molecule has 0 saturated heterocycles. The molecule has 0 radical (unpaired) electrons. The highest BCUT2D eigenvalue weighted by Crippen LogP contribution is 2.65. The topological polar surface area (TPSA) is 8.17 Å². The Morgan fingerprint density at radius 1 is 0.290 bits per heavy atom. The minimum absolute atomic E-state index is 0.466. The lowest BCUT2D eigenvalue weighted by molar-refractivity contribution is 0.794. The highest BCUT2D eigenvalue weighted by atomic mass is 15.1. The number of hydrogen-bond acceptors (Lipinski definition) is 1. The van der Waals surface area contributed by atoms with E-state index in [-0.39, 0.29) is 0 Å². The molecule has 2 nitrogen and oxygen atoms in total.